The van der Waals surface area contributed by atoms with Crippen molar-refractivity contribution in [3.8, 4) is 0 Å². The number of aromatic nitrogens is 1. The van der Waals surface area contributed by atoms with E-state index in [1.165, 1.54) is 0 Å². The molecule has 4 rings (SSSR count). The molecule has 0 bridgehead atoms. The summed E-state index contributed by atoms with van der Waals surface area (Å²) in [6, 6.07) is 18.0. The number of hydrogen-bond acceptors (Lipinski definition) is 3. The Morgan fingerprint density at radius 1 is 1.14 bits per heavy atom. The van der Waals surface area contributed by atoms with E-state index in [2.05, 4.69) is 10.3 Å². The molecule has 0 saturated heterocycles. The normalized spacial score (nSPS) is 15.3. The van der Waals surface area contributed by atoms with Gasteiger partial charge in [0.25, 0.3) is 5.91 Å². The number of rotatable bonds is 5. The molecule has 0 aliphatic carbocycles. The van der Waals surface area contributed by atoms with Crippen molar-refractivity contribution in [2.75, 3.05) is 4.90 Å². The van der Waals surface area contributed by atoms with E-state index in [9.17, 15) is 9.59 Å². The molecule has 6 heteroatoms. The topological polar surface area (TPSA) is 62.3 Å². The summed E-state index contributed by atoms with van der Waals surface area (Å²) in [5.74, 6) is -0.298. The number of hydrogen-bond donors (Lipinski definition) is 1. The van der Waals surface area contributed by atoms with E-state index in [4.69, 9.17) is 11.6 Å². The SMILES string of the molecule is Cc1cccc(CNC(=O)C[C@H]2c3ncccc3C(=O)N2c2ccc(Cl)cc2)c1. The number of anilines is 1. The van der Waals surface area contributed by atoms with Crippen LogP contribution in [0.5, 0.6) is 0 Å². The Hall–Kier alpha value is -3.18. The minimum absolute atomic E-state index is 0.129. The third-order valence-electron chi connectivity index (χ3n) is 4.97. The highest BCUT2D eigenvalue weighted by molar-refractivity contribution is 6.30. The highest BCUT2D eigenvalue weighted by Gasteiger charge is 2.39. The predicted octanol–water partition coefficient (Wildman–Crippen LogP) is 4.45. The number of benzene rings is 2. The molecule has 3 aromatic rings. The molecular formula is C23H20ClN3O2. The second-order valence-electron chi connectivity index (χ2n) is 7.07. The van der Waals surface area contributed by atoms with Gasteiger partial charge >= 0.3 is 0 Å². The molecule has 2 amide bonds. The van der Waals surface area contributed by atoms with Gasteiger partial charge in [0.05, 0.1) is 23.7 Å². The molecule has 2 heterocycles. The van der Waals surface area contributed by atoms with Gasteiger partial charge in [-0.25, -0.2) is 0 Å². The highest BCUT2D eigenvalue weighted by atomic mass is 35.5. The average Bonchev–Trinajstić information content (AvgIpc) is 2.99. The van der Waals surface area contributed by atoms with Crippen LogP contribution in [-0.4, -0.2) is 16.8 Å². The number of pyridine rings is 1. The van der Waals surface area contributed by atoms with Crippen LogP contribution >= 0.6 is 11.6 Å². The fraction of sp³-hybridized carbons (Fsp3) is 0.174. The van der Waals surface area contributed by atoms with Crippen LogP contribution in [0, 0.1) is 6.92 Å². The Balaban J connectivity index is 1.56. The minimum atomic E-state index is -0.461. The third-order valence-corrected chi connectivity index (χ3v) is 5.22. The predicted molar refractivity (Wildman–Crippen MR) is 113 cm³/mol. The average molecular weight is 406 g/mol. The van der Waals surface area contributed by atoms with E-state index >= 15 is 0 Å². The summed E-state index contributed by atoms with van der Waals surface area (Å²) >= 11 is 6.00. The minimum Gasteiger partial charge on any atom is -0.352 e. The first kappa shape index (κ1) is 19.2. The van der Waals surface area contributed by atoms with Crippen molar-refractivity contribution in [2.24, 2.45) is 0 Å². The summed E-state index contributed by atoms with van der Waals surface area (Å²) in [6.07, 6.45) is 1.78. The van der Waals surface area contributed by atoms with E-state index in [0.29, 0.717) is 28.5 Å². The first-order valence-corrected chi connectivity index (χ1v) is 9.77. The molecule has 1 aliphatic heterocycles. The molecule has 1 aliphatic rings. The maximum Gasteiger partial charge on any atom is 0.260 e. The number of amides is 2. The molecule has 29 heavy (non-hydrogen) atoms. The molecule has 0 spiro atoms. The van der Waals surface area contributed by atoms with E-state index in [1.54, 1.807) is 47.5 Å². The molecule has 1 aromatic heterocycles. The van der Waals surface area contributed by atoms with E-state index in [0.717, 1.165) is 11.1 Å². The van der Waals surface area contributed by atoms with Crippen LogP contribution in [0.2, 0.25) is 5.02 Å². The summed E-state index contributed by atoms with van der Waals surface area (Å²) in [5.41, 5.74) is 4.02. The fourth-order valence-corrected chi connectivity index (χ4v) is 3.74. The zero-order valence-corrected chi connectivity index (χ0v) is 16.7. The van der Waals surface area contributed by atoms with Crippen molar-refractivity contribution in [1.29, 1.82) is 0 Å². The molecule has 5 nitrogen and oxygen atoms in total. The Kier molecular flexibility index (Phi) is 5.32. The van der Waals surface area contributed by atoms with Crippen LogP contribution in [0.3, 0.4) is 0 Å². The van der Waals surface area contributed by atoms with Crippen LogP contribution in [0.1, 0.15) is 39.6 Å². The quantitative estimate of drug-likeness (QED) is 0.682. The Labute approximate surface area is 174 Å². The van der Waals surface area contributed by atoms with Crippen molar-refractivity contribution in [3.63, 3.8) is 0 Å². The van der Waals surface area contributed by atoms with Gasteiger partial charge in [0.1, 0.15) is 0 Å². The number of nitrogens with one attached hydrogen (secondary N) is 1. The van der Waals surface area contributed by atoms with Gasteiger partial charge in [0.2, 0.25) is 5.91 Å². The van der Waals surface area contributed by atoms with Crippen molar-refractivity contribution >= 4 is 29.1 Å². The van der Waals surface area contributed by atoms with Crippen LogP contribution in [0.4, 0.5) is 5.69 Å². The Morgan fingerprint density at radius 3 is 2.69 bits per heavy atom. The van der Waals surface area contributed by atoms with Gasteiger partial charge in [-0.15, -0.1) is 0 Å². The van der Waals surface area contributed by atoms with Gasteiger partial charge in [-0.2, -0.15) is 0 Å². The maximum absolute atomic E-state index is 13.0. The van der Waals surface area contributed by atoms with Crippen LogP contribution < -0.4 is 10.2 Å². The van der Waals surface area contributed by atoms with Crippen molar-refractivity contribution < 1.29 is 9.59 Å². The second-order valence-corrected chi connectivity index (χ2v) is 7.51. The molecule has 146 valence electrons. The molecule has 1 N–H and O–H groups in total. The Morgan fingerprint density at radius 2 is 1.93 bits per heavy atom. The maximum atomic E-state index is 13.0. The number of nitrogens with zero attached hydrogens (tertiary/aromatic N) is 2. The lowest BCUT2D eigenvalue weighted by atomic mass is 10.1. The standard InChI is InChI=1S/C23H20ClN3O2/c1-15-4-2-5-16(12-15)14-26-21(28)13-20-22-19(6-3-11-25-22)23(29)27(20)18-9-7-17(24)8-10-18/h2-12,20H,13-14H2,1H3,(H,26,28)/t20-/m0/s1. The van der Waals surface area contributed by atoms with Gasteiger partial charge in [0.15, 0.2) is 0 Å². The third kappa shape index (κ3) is 4.00. The lowest BCUT2D eigenvalue weighted by Crippen LogP contribution is -2.32. The van der Waals surface area contributed by atoms with Crippen LogP contribution in [0.25, 0.3) is 0 Å². The van der Waals surface area contributed by atoms with Gasteiger partial charge in [-0.05, 0) is 48.9 Å². The highest BCUT2D eigenvalue weighted by Crippen LogP contribution is 2.38. The van der Waals surface area contributed by atoms with Crippen molar-refractivity contribution in [1.82, 2.24) is 10.3 Å². The lowest BCUT2D eigenvalue weighted by molar-refractivity contribution is -0.121. The zero-order valence-electron chi connectivity index (χ0n) is 15.9. The molecule has 0 unspecified atom stereocenters. The van der Waals surface area contributed by atoms with Gasteiger partial charge in [-0.1, -0.05) is 41.4 Å². The summed E-state index contributed by atoms with van der Waals surface area (Å²) in [5, 5.41) is 3.54. The van der Waals surface area contributed by atoms with Gasteiger partial charge in [0, 0.05) is 23.5 Å². The smallest absolute Gasteiger partial charge is 0.260 e. The van der Waals surface area contributed by atoms with Crippen LogP contribution in [0.15, 0.2) is 66.9 Å². The van der Waals surface area contributed by atoms with E-state index in [-0.39, 0.29) is 18.2 Å². The lowest BCUT2D eigenvalue weighted by Gasteiger charge is -2.24. The number of halogens is 1. The first-order valence-electron chi connectivity index (χ1n) is 9.39. The molecular weight excluding hydrogens is 386 g/mol. The number of carbonyl (C=O) groups excluding carboxylic acids is 2. The molecule has 1 atom stereocenters. The van der Waals surface area contributed by atoms with Crippen molar-refractivity contribution in [2.45, 2.75) is 25.9 Å². The summed E-state index contributed by atoms with van der Waals surface area (Å²) in [6.45, 7) is 2.46. The van der Waals surface area contributed by atoms with Crippen LogP contribution in [-0.2, 0) is 11.3 Å². The largest absolute Gasteiger partial charge is 0.352 e. The molecule has 0 radical (unpaired) electrons. The molecule has 0 fully saturated rings. The molecule has 0 saturated carbocycles. The van der Waals surface area contributed by atoms with Gasteiger partial charge < -0.3 is 5.32 Å². The monoisotopic (exact) mass is 405 g/mol. The van der Waals surface area contributed by atoms with Crippen molar-refractivity contribution in [3.05, 3.63) is 94.3 Å². The Bertz CT molecular complexity index is 1070. The van der Waals surface area contributed by atoms with E-state index in [1.807, 2.05) is 31.2 Å². The first-order chi connectivity index (χ1) is 14.0. The molecule has 2 aromatic carbocycles. The second kappa shape index (κ2) is 8.05. The zero-order chi connectivity index (χ0) is 20.4. The van der Waals surface area contributed by atoms with Gasteiger partial charge in [-0.3, -0.25) is 19.5 Å². The summed E-state index contributed by atoms with van der Waals surface area (Å²) < 4.78 is 0. The number of fused-ring (bicyclic) bond motifs is 1. The number of aryl methyl sites for hydroxylation is 1. The van der Waals surface area contributed by atoms with E-state index < -0.39 is 6.04 Å². The number of carbonyl (C=O) groups is 2. The fourth-order valence-electron chi connectivity index (χ4n) is 3.61. The summed E-state index contributed by atoms with van der Waals surface area (Å²) in [4.78, 5) is 31.7. The summed E-state index contributed by atoms with van der Waals surface area (Å²) in [7, 11) is 0.